The fourth-order valence-corrected chi connectivity index (χ4v) is 0.985. The number of aromatic nitrogens is 2. The Labute approximate surface area is 62.9 Å². The van der Waals surface area contributed by atoms with Gasteiger partial charge in [0.2, 0.25) is 0 Å². The molecule has 0 fully saturated rings. The number of imidazole rings is 1. The quantitative estimate of drug-likeness (QED) is 0.577. The molecule has 2 aromatic heterocycles. The van der Waals surface area contributed by atoms with Crippen molar-refractivity contribution in [1.82, 2.24) is 9.38 Å². The number of anilines is 1. The fraction of sp³-hybridized carbons (Fsp3) is 0. The van der Waals surface area contributed by atoms with Gasteiger partial charge in [0.1, 0.15) is 0 Å². The maximum absolute atomic E-state index is 9.34. The lowest BCUT2D eigenvalue weighted by Gasteiger charge is -1.98. The maximum atomic E-state index is 9.34. The number of aromatic hydroxyl groups is 1. The second kappa shape index (κ2) is 1.88. The Morgan fingerprint density at radius 3 is 3.09 bits per heavy atom. The average molecular weight is 149 g/mol. The van der Waals surface area contributed by atoms with Crippen molar-refractivity contribution in [2.45, 2.75) is 0 Å². The van der Waals surface area contributed by atoms with Crippen LogP contribution >= 0.6 is 0 Å². The summed E-state index contributed by atoms with van der Waals surface area (Å²) in [6.07, 6.45) is 5.10. The molecule has 3 N–H and O–H groups in total. The fourth-order valence-electron chi connectivity index (χ4n) is 0.985. The van der Waals surface area contributed by atoms with Gasteiger partial charge in [-0.05, 0) is 6.07 Å². The lowest BCUT2D eigenvalue weighted by atomic mass is 10.4. The number of hydrogen-bond donors (Lipinski definition) is 2. The first-order valence-corrected chi connectivity index (χ1v) is 3.19. The monoisotopic (exact) mass is 149 g/mol. The van der Waals surface area contributed by atoms with Gasteiger partial charge in [0.15, 0.2) is 11.4 Å². The summed E-state index contributed by atoms with van der Waals surface area (Å²) in [6, 6.07) is 1.63. The average Bonchev–Trinajstić information content (AvgIpc) is 2.45. The molecule has 56 valence electrons. The lowest BCUT2D eigenvalue weighted by molar-refractivity contribution is 0.480. The minimum atomic E-state index is 0.0394. The van der Waals surface area contributed by atoms with Crippen LogP contribution in [-0.4, -0.2) is 14.5 Å². The highest BCUT2D eigenvalue weighted by molar-refractivity contribution is 5.66. The summed E-state index contributed by atoms with van der Waals surface area (Å²) in [5.74, 6) is 0.0394. The van der Waals surface area contributed by atoms with Crippen molar-refractivity contribution >= 4 is 11.3 Å². The highest BCUT2D eigenvalue weighted by Gasteiger charge is 2.02. The molecule has 4 nitrogen and oxygen atoms in total. The van der Waals surface area contributed by atoms with Crippen molar-refractivity contribution in [3.8, 4) is 5.75 Å². The van der Waals surface area contributed by atoms with Crippen LogP contribution in [0.25, 0.3) is 5.65 Å². The lowest BCUT2D eigenvalue weighted by Crippen LogP contribution is -1.89. The SMILES string of the molecule is Nc1ccn2ccnc2c1O. The van der Waals surface area contributed by atoms with E-state index in [2.05, 4.69) is 4.98 Å². The summed E-state index contributed by atoms with van der Waals surface area (Å²) in [7, 11) is 0. The van der Waals surface area contributed by atoms with Crippen molar-refractivity contribution in [3.63, 3.8) is 0 Å². The first-order chi connectivity index (χ1) is 5.29. The molecule has 0 unspecified atom stereocenters. The minimum Gasteiger partial charge on any atom is -0.503 e. The van der Waals surface area contributed by atoms with Gasteiger partial charge in [0, 0.05) is 18.6 Å². The van der Waals surface area contributed by atoms with Crippen molar-refractivity contribution in [1.29, 1.82) is 0 Å². The van der Waals surface area contributed by atoms with Gasteiger partial charge in [-0.1, -0.05) is 0 Å². The zero-order valence-electron chi connectivity index (χ0n) is 5.73. The molecule has 4 heteroatoms. The predicted molar refractivity (Wildman–Crippen MR) is 41.3 cm³/mol. The Morgan fingerprint density at radius 1 is 1.45 bits per heavy atom. The molecule has 2 aromatic rings. The van der Waals surface area contributed by atoms with Crippen molar-refractivity contribution < 1.29 is 5.11 Å². The third-order valence-electron chi connectivity index (χ3n) is 1.57. The summed E-state index contributed by atoms with van der Waals surface area (Å²) in [4.78, 5) is 3.91. The first kappa shape index (κ1) is 6.03. The molecule has 0 saturated carbocycles. The molecular formula is C7H7N3O. The number of fused-ring (bicyclic) bond motifs is 1. The molecule has 2 rings (SSSR count). The van der Waals surface area contributed by atoms with Crippen LogP contribution in [0.3, 0.4) is 0 Å². The number of nitrogens with zero attached hydrogens (tertiary/aromatic N) is 2. The van der Waals surface area contributed by atoms with Gasteiger partial charge in [-0.3, -0.25) is 0 Å². The van der Waals surface area contributed by atoms with E-state index in [1.807, 2.05) is 0 Å². The van der Waals surface area contributed by atoms with E-state index in [4.69, 9.17) is 5.73 Å². The zero-order valence-corrected chi connectivity index (χ0v) is 5.73. The molecule has 11 heavy (non-hydrogen) atoms. The third-order valence-corrected chi connectivity index (χ3v) is 1.57. The standard InChI is InChI=1S/C7H7N3O/c8-5-1-3-10-4-2-9-7(10)6(5)11/h1-4,11H,8H2. The maximum Gasteiger partial charge on any atom is 0.182 e. The number of nitrogens with two attached hydrogens (primary N) is 1. The van der Waals surface area contributed by atoms with Crippen molar-refractivity contribution in [2.24, 2.45) is 0 Å². The van der Waals surface area contributed by atoms with Gasteiger partial charge in [0.25, 0.3) is 0 Å². The molecular weight excluding hydrogens is 142 g/mol. The summed E-state index contributed by atoms with van der Waals surface area (Å²) in [5, 5.41) is 9.34. The molecule has 0 atom stereocenters. The number of hydrogen-bond acceptors (Lipinski definition) is 3. The topological polar surface area (TPSA) is 63.5 Å². The van der Waals surface area contributed by atoms with E-state index < -0.39 is 0 Å². The molecule has 0 spiro atoms. The second-order valence-electron chi connectivity index (χ2n) is 2.28. The van der Waals surface area contributed by atoms with E-state index in [0.29, 0.717) is 11.3 Å². The minimum absolute atomic E-state index is 0.0394. The first-order valence-electron chi connectivity index (χ1n) is 3.19. The molecule has 0 aliphatic rings. The Morgan fingerprint density at radius 2 is 2.27 bits per heavy atom. The van der Waals surface area contributed by atoms with Gasteiger partial charge < -0.3 is 15.2 Å². The van der Waals surface area contributed by atoms with Crippen molar-refractivity contribution in [2.75, 3.05) is 5.73 Å². The number of nitrogen functional groups attached to an aromatic ring is 1. The van der Waals surface area contributed by atoms with Crippen LogP contribution in [0, 0.1) is 0 Å². The van der Waals surface area contributed by atoms with E-state index in [9.17, 15) is 5.11 Å². The Hall–Kier alpha value is -1.71. The number of rotatable bonds is 0. The van der Waals surface area contributed by atoms with Gasteiger partial charge >= 0.3 is 0 Å². The van der Waals surface area contributed by atoms with E-state index in [1.54, 1.807) is 29.1 Å². The number of pyridine rings is 1. The highest BCUT2D eigenvalue weighted by atomic mass is 16.3. The van der Waals surface area contributed by atoms with Gasteiger partial charge in [-0.25, -0.2) is 4.98 Å². The van der Waals surface area contributed by atoms with Crippen LogP contribution < -0.4 is 5.73 Å². The summed E-state index contributed by atoms with van der Waals surface area (Å²) in [6.45, 7) is 0. The van der Waals surface area contributed by atoms with Crippen LogP contribution in [0.5, 0.6) is 5.75 Å². The van der Waals surface area contributed by atoms with E-state index in [-0.39, 0.29) is 5.75 Å². The summed E-state index contributed by atoms with van der Waals surface area (Å²) in [5.41, 5.74) is 6.28. The van der Waals surface area contributed by atoms with Crippen LogP contribution in [0.1, 0.15) is 0 Å². The highest BCUT2D eigenvalue weighted by Crippen LogP contribution is 2.23. The van der Waals surface area contributed by atoms with E-state index >= 15 is 0 Å². The van der Waals surface area contributed by atoms with Crippen molar-refractivity contribution in [3.05, 3.63) is 24.7 Å². The summed E-state index contributed by atoms with van der Waals surface area (Å²) >= 11 is 0. The summed E-state index contributed by atoms with van der Waals surface area (Å²) < 4.78 is 1.70. The largest absolute Gasteiger partial charge is 0.503 e. The van der Waals surface area contributed by atoms with Crippen LogP contribution in [-0.2, 0) is 0 Å². The molecule has 0 aliphatic heterocycles. The Bertz CT molecular complexity index is 393. The molecule has 2 heterocycles. The zero-order chi connectivity index (χ0) is 7.84. The van der Waals surface area contributed by atoms with Crippen LogP contribution in [0.2, 0.25) is 0 Å². The molecule has 0 aliphatic carbocycles. The van der Waals surface area contributed by atoms with Crippen LogP contribution in [0.4, 0.5) is 5.69 Å². The smallest absolute Gasteiger partial charge is 0.182 e. The molecule has 0 bridgehead atoms. The Kier molecular flexibility index (Phi) is 1.03. The predicted octanol–water partition coefficient (Wildman–Crippen LogP) is 0.622. The molecule has 0 saturated heterocycles. The normalized spacial score (nSPS) is 10.5. The third kappa shape index (κ3) is 0.724. The molecule has 0 amide bonds. The second-order valence-corrected chi connectivity index (χ2v) is 2.28. The van der Waals surface area contributed by atoms with E-state index in [1.165, 1.54) is 0 Å². The van der Waals surface area contributed by atoms with Crippen LogP contribution in [0.15, 0.2) is 24.7 Å². The van der Waals surface area contributed by atoms with Gasteiger partial charge in [-0.15, -0.1) is 0 Å². The molecule has 0 aromatic carbocycles. The van der Waals surface area contributed by atoms with Gasteiger partial charge in [-0.2, -0.15) is 0 Å². The van der Waals surface area contributed by atoms with E-state index in [0.717, 1.165) is 0 Å². The van der Waals surface area contributed by atoms with Gasteiger partial charge in [0.05, 0.1) is 5.69 Å². The Balaban J connectivity index is 2.93. The molecule has 0 radical (unpaired) electrons.